The average molecular weight is 363 g/mol. The number of methoxy groups -OCH3 is 1. The summed E-state index contributed by atoms with van der Waals surface area (Å²) in [5.74, 6) is 0.400. The maximum Gasteiger partial charge on any atom is 0.337 e. The van der Waals surface area contributed by atoms with E-state index in [0.717, 1.165) is 11.4 Å². The van der Waals surface area contributed by atoms with Crippen molar-refractivity contribution in [3.8, 4) is 0 Å². The Bertz CT molecular complexity index is 956. The van der Waals surface area contributed by atoms with Crippen LogP contribution in [0.3, 0.4) is 0 Å². The molecular weight excluding hydrogens is 346 g/mol. The molecule has 0 radical (unpaired) electrons. The first kappa shape index (κ1) is 18.0. The van der Waals surface area contributed by atoms with Gasteiger partial charge in [0.2, 0.25) is 5.95 Å². The minimum Gasteiger partial charge on any atom is -0.465 e. The van der Waals surface area contributed by atoms with Crippen LogP contribution in [0.5, 0.6) is 0 Å². The molecule has 136 valence electrons. The molecule has 2 N–H and O–H groups in total. The molecule has 0 bridgehead atoms. The Labute approximate surface area is 155 Å². The number of hydrogen-bond acceptors (Lipinski definition) is 8. The van der Waals surface area contributed by atoms with Crippen LogP contribution in [-0.4, -0.2) is 34.0 Å². The largest absolute Gasteiger partial charge is 0.465 e. The molecule has 27 heavy (non-hydrogen) atoms. The van der Waals surface area contributed by atoms with Gasteiger partial charge in [0.25, 0.3) is 0 Å². The van der Waals surface area contributed by atoms with E-state index in [1.54, 1.807) is 48.5 Å². The molecule has 8 heteroatoms. The number of aromatic nitrogens is 3. The molecule has 1 aromatic heterocycles. The molecule has 0 spiro atoms. The zero-order valence-electron chi connectivity index (χ0n) is 14.8. The van der Waals surface area contributed by atoms with Gasteiger partial charge in [-0.1, -0.05) is 0 Å². The van der Waals surface area contributed by atoms with Crippen molar-refractivity contribution in [3.05, 3.63) is 65.9 Å². The molecule has 3 rings (SSSR count). The number of ketones is 1. The number of rotatable bonds is 6. The van der Waals surface area contributed by atoms with Gasteiger partial charge in [0, 0.05) is 16.9 Å². The van der Waals surface area contributed by atoms with Crippen LogP contribution in [0, 0.1) is 0 Å². The summed E-state index contributed by atoms with van der Waals surface area (Å²) in [5, 5.41) is 14.0. The number of nitrogens with one attached hydrogen (secondary N) is 2. The number of esters is 1. The van der Waals surface area contributed by atoms with E-state index in [-0.39, 0.29) is 5.78 Å². The van der Waals surface area contributed by atoms with E-state index in [2.05, 4.69) is 30.6 Å². The van der Waals surface area contributed by atoms with Crippen LogP contribution in [0.4, 0.5) is 23.1 Å². The average Bonchev–Trinajstić information content (AvgIpc) is 2.68. The second-order valence-electron chi connectivity index (χ2n) is 5.62. The van der Waals surface area contributed by atoms with Gasteiger partial charge in [-0.15, -0.1) is 5.10 Å². The molecule has 3 aromatic rings. The van der Waals surface area contributed by atoms with Crippen molar-refractivity contribution in [1.29, 1.82) is 0 Å². The molecule has 1 heterocycles. The van der Waals surface area contributed by atoms with Crippen molar-refractivity contribution >= 4 is 34.9 Å². The lowest BCUT2D eigenvalue weighted by Gasteiger charge is -2.08. The molecule has 0 saturated carbocycles. The molecule has 8 nitrogen and oxygen atoms in total. The Morgan fingerprint density at radius 1 is 0.889 bits per heavy atom. The van der Waals surface area contributed by atoms with E-state index < -0.39 is 5.97 Å². The minimum atomic E-state index is -0.396. The first-order chi connectivity index (χ1) is 13.0. The third kappa shape index (κ3) is 4.63. The summed E-state index contributed by atoms with van der Waals surface area (Å²) in [7, 11) is 1.34. The summed E-state index contributed by atoms with van der Waals surface area (Å²) in [6.45, 7) is 1.52. The van der Waals surface area contributed by atoms with E-state index in [1.165, 1.54) is 20.2 Å². The monoisotopic (exact) mass is 363 g/mol. The van der Waals surface area contributed by atoms with E-state index in [4.69, 9.17) is 0 Å². The van der Waals surface area contributed by atoms with E-state index in [1.807, 2.05) is 0 Å². The van der Waals surface area contributed by atoms with Crippen molar-refractivity contribution in [2.24, 2.45) is 0 Å². The smallest absolute Gasteiger partial charge is 0.337 e. The zero-order chi connectivity index (χ0) is 19.2. The molecule has 0 aliphatic carbocycles. The lowest BCUT2D eigenvalue weighted by molar-refractivity contribution is 0.0600. The number of Topliss-reactive ketones (excluding diaryl/α,β-unsaturated/α-hetero) is 1. The molecule has 0 fully saturated rings. The SMILES string of the molecule is COC(=O)c1ccc(Nc2cnnc(Nc3ccc(C(C)=O)cc3)n2)cc1. The Hall–Kier alpha value is -3.81. The van der Waals surface area contributed by atoms with Crippen LogP contribution in [0.1, 0.15) is 27.6 Å². The van der Waals surface area contributed by atoms with Crippen LogP contribution in [-0.2, 0) is 4.74 Å². The second-order valence-corrected chi connectivity index (χ2v) is 5.62. The molecule has 0 atom stereocenters. The number of benzene rings is 2. The predicted molar refractivity (Wildman–Crippen MR) is 101 cm³/mol. The van der Waals surface area contributed by atoms with Gasteiger partial charge in [-0.3, -0.25) is 4.79 Å². The molecule has 0 aliphatic rings. The second kappa shape index (κ2) is 8.05. The van der Waals surface area contributed by atoms with E-state index in [0.29, 0.717) is 22.9 Å². The maximum absolute atomic E-state index is 11.5. The Morgan fingerprint density at radius 3 is 2.07 bits per heavy atom. The Balaban J connectivity index is 1.70. The minimum absolute atomic E-state index is 0.00359. The Kier molecular flexibility index (Phi) is 5.36. The molecule has 0 saturated heterocycles. The lowest BCUT2D eigenvalue weighted by atomic mass is 10.1. The summed E-state index contributed by atoms with van der Waals surface area (Å²) in [6.07, 6.45) is 1.48. The standard InChI is InChI=1S/C19H17N5O3/c1-12(25)13-3-7-16(8-4-13)22-19-23-17(11-20-24-19)21-15-9-5-14(6-10-15)18(26)27-2/h3-11H,1-2H3,(H2,21,22,23,24). The van der Waals surface area contributed by atoms with Crippen molar-refractivity contribution in [2.75, 3.05) is 17.7 Å². The third-order valence-electron chi connectivity index (χ3n) is 3.68. The maximum atomic E-state index is 11.5. The van der Waals surface area contributed by atoms with Gasteiger partial charge in [0.15, 0.2) is 11.6 Å². The number of carbonyl (C=O) groups excluding carboxylic acids is 2. The summed E-state index contributed by atoms with van der Waals surface area (Å²) in [4.78, 5) is 27.1. The molecule has 2 aromatic carbocycles. The van der Waals surface area contributed by atoms with Crippen molar-refractivity contribution in [1.82, 2.24) is 15.2 Å². The highest BCUT2D eigenvalue weighted by molar-refractivity contribution is 5.94. The van der Waals surface area contributed by atoms with E-state index in [9.17, 15) is 9.59 Å². The lowest BCUT2D eigenvalue weighted by Crippen LogP contribution is -2.03. The number of ether oxygens (including phenoxy) is 1. The third-order valence-corrected chi connectivity index (χ3v) is 3.68. The number of nitrogens with zero attached hydrogens (tertiary/aromatic N) is 3. The highest BCUT2D eigenvalue weighted by atomic mass is 16.5. The highest BCUT2D eigenvalue weighted by Gasteiger charge is 2.06. The van der Waals surface area contributed by atoms with Crippen LogP contribution in [0.2, 0.25) is 0 Å². The fraction of sp³-hybridized carbons (Fsp3) is 0.105. The summed E-state index contributed by atoms with van der Waals surface area (Å²) in [6, 6.07) is 13.8. The van der Waals surface area contributed by atoms with Gasteiger partial charge in [0.05, 0.1) is 18.9 Å². The Morgan fingerprint density at radius 2 is 1.48 bits per heavy atom. The number of hydrogen-bond donors (Lipinski definition) is 2. The van der Waals surface area contributed by atoms with Gasteiger partial charge < -0.3 is 15.4 Å². The van der Waals surface area contributed by atoms with Crippen molar-refractivity contribution < 1.29 is 14.3 Å². The fourth-order valence-electron chi connectivity index (χ4n) is 2.29. The topological polar surface area (TPSA) is 106 Å². The quantitative estimate of drug-likeness (QED) is 0.507. The van der Waals surface area contributed by atoms with Gasteiger partial charge in [0.1, 0.15) is 0 Å². The van der Waals surface area contributed by atoms with Crippen molar-refractivity contribution in [3.63, 3.8) is 0 Å². The van der Waals surface area contributed by atoms with Gasteiger partial charge in [-0.05, 0) is 55.5 Å². The molecule has 0 aliphatic heterocycles. The van der Waals surface area contributed by atoms with Gasteiger partial charge in [-0.2, -0.15) is 10.1 Å². The summed E-state index contributed by atoms with van der Waals surface area (Å²) < 4.78 is 4.67. The summed E-state index contributed by atoms with van der Waals surface area (Å²) >= 11 is 0. The first-order valence-electron chi connectivity index (χ1n) is 8.08. The van der Waals surface area contributed by atoms with Crippen LogP contribution in [0.15, 0.2) is 54.7 Å². The van der Waals surface area contributed by atoms with E-state index >= 15 is 0 Å². The number of anilines is 4. The zero-order valence-corrected chi connectivity index (χ0v) is 14.8. The fourth-order valence-corrected chi connectivity index (χ4v) is 2.29. The van der Waals surface area contributed by atoms with Gasteiger partial charge in [-0.25, -0.2) is 4.79 Å². The molecule has 0 amide bonds. The molecule has 0 unspecified atom stereocenters. The first-order valence-corrected chi connectivity index (χ1v) is 8.08. The van der Waals surface area contributed by atoms with Crippen LogP contribution < -0.4 is 10.6 Å². The van der Waals surface area contributed by atoms with Crippen LogP contribution in [0.25, 0.3) is 0 Å². The highest BCUT2D eigenvalue weighted by Crippen LogP contribution is 2.18. The number of carbonyl (C=O) groups is 2. The predicted octanol–water partition coefficient (Wildman–Crippen LogP) is 3.35. The van der Waals surface area contributed by atoms with Crippen LogP contribution >= 0.6 is 0 Å². The molecular formula is C19H17N5O3. The normalized spacial score (nSPS) is 10.1. The van der Waals surface area contributed by atoms with Crippen molar-refractivity contribution in [2.45, 2.75) is 6.92 Å². The summed E-state index contributed by atoms with van der Waals surface area (Å²) in [5.41, 5.74) is 2.56. The van der Waals surface area contributed by atoms with Gasteiger partial charge >= 0.3 is 5.97 Å².